The molecule has 0 aliphatic carbocycles. The van der Waals surface area contributed by atoms with E-state index in [0.717, 1.165) is 22.2 Å². The van der Waals surface area contributed by atoms with Crippen molar-refractivity contribution in [1.82, 2.24) is 14.5 Å². The van der Waals surface area contributed by atoms with Crippen LogP contribution in [0.15, 0.2) is 33.7 Å². The van der Waals surface area contributed by atoms with E-state index < -0.39 is 0 Å². The van der Waals surface area contributed by atoms with Gasteiger partial charge in [-0.1, -0.05) is 43.1 Å². The Bertz CT molecular complexity index is 1420. The van der Waals surface area contributed by atoms with Gasteiger partial charge < -0.3 is 9.15 Å². The van der Waals surface area contributed by atoms with Gasteiger partial charge in [-0.25, -0.2) is 9.97 Å². The lowest BCUT2D eigenvalue weighted by Crippen LogP contribution is -2.33. The number of furan rings is 1. The summed E-state index contributed by atoms with van der Waals surface area (Å²) in [5.41, 5.74) is 4.31. The molecule has 0 bridgehead atoms. The van der Waals surface area contributed by atoms with E-state index >= 15 is 0 Å². The quantitative estimate of drug-likeness (QED) is 0.373. The molecule has 0 atom stereocenters. The van der Waals surface area contributed by atoms with Gasteiger partial charge in [0.25, 0.3) is 5.56 Å². The maximum absolute atomic E-state index is 13.3. The lowest BCUT2D eigenvalue weighted by molar-refractivity contribution is -0.0402. The van der Waals surface area contributed by atoms with Crippen molar-refractivity contribution in [2.75, 3.05) is 0 Å². The van der Waals surface area contributed by atoms with Crippen LogP contribution in [0.5, 0.6) is 0 Å². The normalized spacial score (nSPS) is 15.6. The van der Waals surface area contributed by atoms with Crippen molar-refractivity contribution in [2.45, 2.75) is 58.8 Å². The molecule has 166 valence electrons. The summed E-state index contributed by atoms with van der Waals surface area (Å²) in [6.45, 7) is 8.99. The van der Waals surface area contributed by atoms with E-state index in [9.17, 15) is 4.79 Å². The number of rotatable bonds is 3. The second kappa shape index (κ2) is 7.58. The van der Waals surface area contributed by atoms with Gasteiger partial charge in [-0.2, -0.15) is 0 Å². The Hall–Kier alpha value is -2.41. The molecule has 4 heterocycles. The van der Waals surface area contributed by atoms with E-state index in [2.05, 4.69) is 32.7 Å². The summed E-state index contributed by atoms with van der Waals surface area (Å²) in [4.78, 5) is 22.7. The smallest absolute Gasteiger partial charge is 0.297 e. The average Bonchev–Trinajstić information content (AvgIpc) is 3.10. The Morgan fingerprint density at radius 3 is 2.59 bits per heavy atom. The van der Waals surface area contributed by atoms with Crippen LogP contribution in [0.4, 0.5) is 0 Å². The molecular formula is C24H23Cl2N3O3. The number of hydrogen-bond donors (Lipinski definition) is 0. The van der Waals surface area contributed by atoms with E-state index in [4.69, 9.17) is 37.3 Å². The second-order valence-electron chi connectivity index (χ2n) is 9.17. The SMILES string of the molecule is CC(C)c1nc2oc3c(=O)n(Cc4c(Cl)cccc4Cl)cnc3c2c2c1COC(C)(C)C2. The first-order valence-corrected chi connectivity index (χ1v) is 11.3. The Kier molecular flexibility index (Phi) is 5.08. The third-order valence-corrected chi connectivity index (χ3v) is 6.70. The number of fused-ring (bicyclic) bond motifs is 5. The Balaban J connectivity index is 1.74. The zero-order valence-electron chi connectivity index (χ0n) is 18.3. The minimum absolute atomic E-state index is 0.186. The summed E-state index contributed by atoms with van der Waals surface area (Å²) >= 11 is 12.6. The molecule has 0 fully saturated rings. The Morgan fingerprint density at radius 1 is 1.19 bits per heavy atom. The number of pyridine rings is 1. The standard InChI is InChI=1S/C24H23Cl2N3O3/c1-12(2)19-15-10-31-24(3,4)8-13(15)18-20-21(32-22(18)28-19)23(30)29(11-27-20)9-14-16(25)6-5-7-17(14)26/h5-7,11-12H,8-10H2,1-4H3. The molecule has 1 aliphatic heterocycles. The number of halogens is 2. The number of benzene rings is 1. The van der Waals surface area contributed by atoms with Crippen molar-refractivity contribution in [3.8, 4) is 0 Å². The summed E-state index contributed by atoms with van der Waals surface area (Å²) in [6, 6.07) is 5.26. The van der Waals surface area contributed by atoms with Crippen molar-refractivity contribution < 1.29 is 9.15 Å². The highest BCUT2D eigenvalue weighted by molar-refractivity contribution is 6.36. The molecule has 6 nitrogen and oxygen atoms in total. The van der Waals surface area contributed by atoms with E-state index in [1.54, 1.807) is 18.2 Å². The summed E-state index contributed by atoms with van der Waals surface area (Å²) in [6.07, 6.45) is 2.21. The molecule has 4 aromatic rings. The fraction of sp³-hybridized carbons (Fsp3) is 0.375. The monoisotopic (exact) mass is 471 g/mol. The van der Waals surface area contributed by atoms with Crippen molar-refractivity contribution in [2.24, 2.45) is 0 Å². The molecule has 8 heteroatoms. The van der Waals surface area contributed by atoms with Crippen LogP contribution in [-0.2, 0) is 24.3 Å². The van der Waals surface area contributed by atoms with E-state index in [1.165, 1.54) is 10.9 Å². The van der Waals surface area contributed by atoms with E-state index in [0.29, 0.717) is 39.9 Å². The van der Waals surface area contributed by atoms with Crippen molar-refractivity contribution in [3.05, 3.63) is 67.3 Å². The molecule has 5 rings (SSSR count). The number of nitrogens with zero attached hydrogens (tertiary/aromatic N) is 3. The minimum Gasteiger partial charge on any atom is -0.430 e. The summed E-state index contributed by atoms with van der Waals surface area (Å²) in [7, 11) is 0. The first-order chi connectivity index (χ1) is 15.2. The second-order valence-corrected chi connectivity index (χ2v) is 9.99. The van der Waals surface area contributed by atoms with Gasteiger partial charge in [0.15, 0.2) is 0 Å². The van der Waals surface area contributed by atoms with Crippen LogP contribution >= 0.6 is 23.2 Å². The van der Waals surface area contributed by atoms with Gasteiger partial charge in [-0.05, 0) is 37.5 Å². The Morgan fingerprint density at radius 2 is 1.91 bits per heavy atom. The topological polar surface area (TPSA) is 70.2 Å². The van der Waals surface area contributed by atoms with Crippen LogP contribution in [0.1, 0.15) is 56.0 Å². The van der Waals surface area contributed by atoms with Crippen LogP contribution in [0, 0.1) is 0 Å². The van der Waals surface area contributed by atoms with Crippen LogP contribution < -0.4 is 5.56 Å². The van der Waals surface area contributed by atoms with Gasteiger partial charge in [-0.3, -0.25) is 9.36 Å². The van der Waals surface area contributed by atoms with Gasteiger partial charge >= 0.3 is 0 Å². The first-order valence-electron chi connectivity index (χ1n) is 10.6. The number of ether oxygens (including phenoxy) is 1. The van der Waals surface area contributed by atoms with E-state index in [1.807, 2.05) is 0 Å². The molecule has 0 saturated heterocycles. The molecule has 1 aliphatic rings. The van der Waals surface area contributed by atoms with Crippen LogP contribution in [0.25, 0.3) is 22.2 Å². The van der Waals surface area contributed by atoms with Gasteiger partial charge in [-0.15, -0.1) is 0 Å². The largest absolute Gasteiger partial charge is 0.430 e. The summed E-state index contributed by atoms with van der Waals surface area (Å²) < 4.78 is 13.6. The molecule has 0 unspecified atom stereocenters. The molecule has 0 amide bonds. The van der Waals surface area contributed by atoms with Crippen molar-refractivity contribution in [3.63, 3.8) is 0 Å². The fourth-order valence-electron chi connectivity index (χ4n) is 4.37. The highest BCUT2D eigenvalue weighted by Gasteiger charge is 2.33. The van der Waals surface area contributed by atoms with Gasteiger partial charge in [0.1, 0.15) is 5.52 Å². The maximum atomic E-state index is 13.3. The minimum atomic E-state index is -0.324. The van der Waals surface area contributed by atoms with Gasteiger partial charge in [0.2, 0.25) is 11.3 Å². The van der Waals surface area contributed by atoms with Crippen molar-refractivity contribution >= 4 is 45.4 Å². The Labute approximate surface area is 195 Å². The molecular weight excluding hydrogens is 449 g/mol. The molecule has 3 aromatic heterocycles. The molecule has 1 aromatic carbocycles. The molecule has 0 N–H and O–H groups in total. The molecule has 32 heavy (non-hydrogen) atoms. The predicted octanol–water partition coefficient (Wildman–Crippen LogP) is 5.87. The highest BCUT2D eigenvalue weighted by atomic mass is 35.5. The zero-order valence-corrected chi connectivity index (χ0v) is 19.8. The zero-order chi connectivity index (χ0) is 22.8. The van der Waals surface area contributed by atoms with E-state index in [-0.39, 0.29) is 29.2 Å². The lowest BCUT2D eigenvalue weighted by Gasteiger charge is -2.33. The van der Waals surface area contributed by atoms with Crippen LogP contribution in [-0.4, -0.2) is 20.1 Å². The summed E-state index contributed by atoms with van der Waals surface area (Å²) in [5.74, 6) is 0.193. The third-order valence-electron chi connectivity index (χ3n) is 5.99. The average molecular weight is 472 g/mol. The third kappa shape index (κ3) is 3.41. The molecule has 0 radical (unpaired) electrons. The van der Waals surface area contributed by atoms with Crippen molar-refractivity contribution in [1.29, 1.82) is 0 Å². The first kappa shape index (κ1) is 21.4. The van der Waals surface area contributed by atoms with Crippen LogP contribution in [0.2, 0.25) is 10.0 Å². The number of hydrogen-bond acceptors (Lipinski definition) is 5. The van der Waals surface area contributed by atoms with Crippen LogP contribution in [0.3, 0.4) is 0 Å². The fourth-order valence-corrected chi connectivity index (χ4v) is 4.88. The maximum Gasteiger partial charge on any atom is 0.297 e. The molecule has 0 saturated carbocycles. The summed E-state index contributed by atoms with van der Waals surface area (Å²) in [5, 5.41) is 1.79. The predicted molar refractivity (Wildman–Crippen MR) is 126 cm³/mol. The van der Waals surface area contributed by atoms with Gasteiger partial charge in [0.05, 0.1) is 36.2 Å². The van der Waals surface area contributed by atoms with Gasteiger partial charge in [0, 0.05) is 27.6 Å². The molecule has 0 spiro atoms. The number of aromatic nitrogens is 3. The lowest BCUT2D eigenvalue weighted by atomic mass is 9.87. The highest BCUT2D eigenvalue weighted by Crippen LogP contribution is 2.39.